The number of benzene rings is 1. The summed E-state index contributed by atoms with van der Waals surface area (Å²) in [7, 11) is 0. The molecule has 0 aliphatic carbocycles. The number of anilines is 1. The Hall–Kier alpha value is -2.68. The van der Waals surface area contributed by atoms with Gasteiger partial charge in [-0.2, -0.15) is 0 Å². The fourth-order valence-corrected chi connectivity index (χ4v) is 1.80. The number of ether oxygens (including phenoxy) is 1. The van der Waals surface area contributed by atoms with E-state index in [9.17, 15) is 14.7 Å². The molecule has 0 spiro atoms. The van der Waals surface area contributed by atoms with Crippen molar-refractivity contribution in [2.24, 2.45) is 0 Å². The first-order chi connectivity index (χ1) is 10.7. The minimum absolute atomic E-state index is 0.157. The molecule has 23 heavy (non-hydrogen) atoms. The number of rotatable bonds is 6. The Kier molecular flexibility index (Phi) is 6.46. The van der Waals surface area contributed by atoms with E-state index in [0.29, 0.717) is 6.54 Å². The number of terminal acetylenes is 1. The summed E-state index contributed by atoms with van der Waals surface area (Å²) >= 11 is 0. The summed E-state index contributed by atoms with van der Waals surface area (Å²) in [6, 6.07) is 6.12. The summed E-state index contributed by atoms with van der Waals surface area (Å²) in [4.78, 5) is 23.0. The number of aliphatic carboxylic acids is 1. The van der Waals surface area contributed by atoms with Crippen LogP contribution in [0.15, 0.2) is 24.3 Å². The summed E-state index contributed by atoms with van der Waals surface area (Å²) in [5.41, 5.74) is 0.940. The number of nitrogens with one attached hydrogen (secondary N) is 2. The molecular formula is C17H22N2O4. The third-order valence-electron chi connectivity index (χ3n) is 2.78. The van der Waals surface area contributed by atoms with Crippen molar-refractivity contribution in [1.29, 1.82) is 0 Å². The van der Waals surface area contributed by atoms with Crippen LogP contribution < -0.4 is 10.6 Å². The van der Waals surface area contributed by atoms with E-state index in [2.05, 4.69) is 16.6 Å². The third kappa shape index (κ3) is 7.23. The SMILES string of the molecule is C#CCNc1ccc(C[C@H](NC(=O)OC(C)(C)C)C(=O)O)cc1. The molecule has 0 bridgehead atoms. The Labute approximate surface area is 136 Å². The van der Waals surface area contributed by atoms with Gasteiger partial charge in [0, 0.05) is 12.1 Å². The summed E-state index contributed by atoms with van der Waals surface area (Å²) in [5, 5.41) is 14.6. The lowest BCUT2D eigenvalue weighted by Crippen LogP contribution is -2.44. The maximum absolute atomic E-state index is 11.7. The topological polar surface area (TPSA) is 87.7 Å². The van der Waals surface area contributed by atoms with E-state index < -0.39 is 23.7 Å². The van der Waals surface area contributed by atoms with Crippen LogP contribution in [0.5, 0.6) is 0 Å². The lowest BCUT2D eigenvalue weighted by molar-refractivity contribution is -0.139. The lowest BCUT2D eigenvalue weighted by Gasteiger charge is -2.22. The number of hydrogen-bond donors (Lipinski definition) is 3. The molecule has 1 aromatic carbocycles. The van der Waals surface area contributed by atoms with Gasteiger partial charge in [-0.25, -0.2) is 9.59 Å². The van der Waals surface area contributed by atoms with Gasteiger partial charge in [0.1, 0.15) is 11.6 Å². The predicted octanol–water partition coefficient (Wildman–Crippen LogP) is 2.25. The molecular weight excluding hydrogens is 296 g/mol. The number of amides is 1. The van der Waals surface area contributed by atoms with Crippen LogP contribution >= 0.6 is 0 Å². The van der Waals surface area contributed by atoms with Crippen molar-refractivity contribution in [3.8, 4) is 12.3 Å². The number of alkyl carbamates (subject to hydrolysis) is 1. The molecule has 0 aromatic heterocycles. The molecule has 0 saturated heterocycles. The Bertz CT molecular complexity index is 582. The van der Waals surface area contributed by atoms with Crippen molar-refractivity contribution in [2.75, 3.05) is 11.9 Å². The summed E-state index contributed by atoms with van der Waals surface area (Å²) in [6.07, 6.45) is 4.57. The molecule has 0 radical (unpaired) electrons. The van der Waals surface area contributed by atoms with Crippen LogP contribution in [-0.4, -0.2) is 35.4 Å². The molecule has 1 amide bonds. The third-order valence-corrected chi connectivity index (χ3v) is 2.78. The van der Waals surface area contributed by atoms with Crippen LogP contribution in [0.4, 0.5) is 10.5 Å². The zero-order valence-electron chi connectivity index (χ0n) is 13.6. The van der Waals surface area contributed by atoms with E-state index >= 15 is 0 Å². The highest BCUT2D eigenvalue weighted by Gasteiger charge is 2.24. The quantitative estimate of drug-likeness (QED) is 0.700. The van der Waals surface area contributed by atoms with E-state index in [1.165, 1.54) is 0 Å². The maximum Gasteiger partial charge on any atom is 0.408 e. The second kappa shape index (κ2) is 8.08. The van der Waals surface area contributed by atoms with Crippen LogP contribution in [0.1, 0.15) is 26.3 Å². The summed E-state index contributed by atoms with van der Waals surface area (Å²) < 4.78 is 5.08. The number of carbonyl (C=O) groups is 2. The van der Waals surface area contributed by atoms with Crippen molar-refractivity contribution in [2.45, 2.75) is 38.8 Å². The van der Waals surface area contributed by atoms with Gasteiger partial charge in [0.05, 0.1) is 6.54 Å². The minimum Gasteiger partial charge on any atom is -0.480 e. The molecule has 3 N–H and O–H groups in total. The van der Waals surface area contributed by atoms with Gasteiger partial charge in [0.2, 0.25) is 0 Å². The molecule has 0 aliphatic heterocycles. The van der Waals surface area contributed by atoms with Gasteiger partial charge in [0.25, 0.3) is 0 Å². The molecule has 1 atom stereocenters. The highest BCUT2D eigenvalue weighted by Crippen LogP contribution is 2.12. The van der Waals surface area contributed by atoms with Gasteiger partial charge < -0.3 is 20.5 Å². The highest BCUT2D eigenvalue weighted by molar-refractivity contribution is 5.80. The van der Waals surface area contributed by atoms with Crippen LogP contribution in [-0.2, 0) is 16.0 Å². The first-order valence-corrected chi connectivity index (χ1v) is 7.20. The standard InChI is InChI=1S/C17H22N2O4/c1-5-10-18-13-8-6-12(7-9-13)11-14(15(20)21)19-16(22)23-17(2,3)4/h1,6-9,14,18H,10-11H2,2-4H3,(H,19,22)(H,20,21)/t14-/m0/s1. The molecule has 1 aromatic rings. The zero-order chi connectivity index (χ0) is 17.5. The fraction of sp³-hybridized carbons (Fsp3) is 0.412. The van der Waals surface area contributed by atoms with Crippen LogP contribution in [0.2, 0.25) is 0 Å². The summed E-state index contributed by atoms with van der Waals surface area (Å²) in [5.74, 6) is 1.35. The lowest BCUT2D eigenvalue weighted by atomic mass is 10.1. The predicted molar refractivity (Wildman–Crippen MR) is 88.3 cm³/mol. The van der Waals surface area contributed by atoms with Crippen LogP contribution in [0.25, 0.3) is 0 Å². The van der Waals surface area contributed by atoms with Crippen molar-refractivity contribution in [3.63, 3.8) is 0 Å². The first kappa shape index (κ1) is 18.4. The number of carbonyl (C=O) groups excluding carboxylic acids is 1. The molecule has 0 saturated carbocycles. The molecule has 6 heteroatoms. The zero-order valence-corrected chi connectivity index (χ0v) is 13.6. The number of carboxylic acids is 1. The van der Waals surface area contributed by atoms with Gasteiger partial charge in [-0.05, 0) is 38.5 Å². The average Bonchev–Trinajstić information content (AvgIpc) is 2.43. The molecule has 6 nitrogen and oxygen atoms in total. The largest absolute Gasteiger partial charge is 0.480 e. The number of carboxylic acid groups (broad SMARTS) is 1. The second-order valence-corrected chi connectivity index (χ2v) is 6.00. The maximum atomic E-state index is 11.7. The molecule has 0 fully saturated rings. The average molecular weight is 318 g/mol. The monoisotopic (exact) mass is 318 g/mol. The Morgan fingerprint density at radius 2 is 1.91 bits per heavy atom. The van der Waals surface area contributed by atoms with E-state index in [1.54, 1.807) is 45.0 Å². The van der Waals surface area contributed by atoms with Crippen molar-refractivity contribution < 1.29 is 19.4 Å². The van der Waals surface area contributed by atoms with Gasteiger partial charge in [-0.15, -0.1) is 6.42 Å². The van der Waals surface area contributed by atoms with Crippen molar-refractivity contribution >= 4 is 17.7 Å². The van der Waals surface area contributed by atoms with E-state index in [1.807, 2.05) is 0 Å². The van der Waals surface area contributed by atoms with Gasteiger partial charge in [-0.3, -0.25) is 0 Å². The van der Waals surface area contributed by atoms with Gasteiger partial charge >= 0.3 is 12.1 Å². The molecule has 0 heterocycles. The highest BCUT2D eigenvalue weighted by atomic mass is 16.6. The molecule has 0 unspecified atom stereocenters. The van der Waals surface area contributed by atoms with E-state index in [-0.39, 0.29) is 6.42 Å². The van der Waals surface area contributed by atoms with Crippen LogP contribution in [0.3, 0.4) is 0 Å². The molecule has 124 valence electrons. The van der Waals surface area contributed by atoms with Gasteiger partial charge in [0.15, 0.2) is 0 Å². The molecule has 0 aliphatic rings. The number of hydrogen-bond acceptors (Lipinski definition) is 4. The van der Waals surface area contributed by atoms with Gasteiger partial charge in [-0.1, -0.05) is 18.1 Å². The smallest absolute Gasteiger partial charge is 0.408 e. The van der Waals surface area contributed by atoms with E-state index in [4.69, 9.17) is 11.2 Å². The summed E-state index contributed by atoms with van der Waals surface area (Å²) in [6.45, 7) is 5.55. The minimum atomic E-state index is -1.12. The van der Waals surface area contributed by atoms with Crippen molar-refractivity contribution in [3.05, 3.63) is 29.8 Å². The molecule has 1 rings (SSSR count). The second-order valence-electron chi connectivity index (χ2n) is 6.00. The Morgan fingerprint density at radius 3 is 2.39 bits per heavy atom. The van der Waals surface area contributed by atoms with E-state index in [0.717, 1.165) is 11.3 Å². The normalized spacial score (nSPS) is 11.9. The Morgan fingerprint density at radius 1 is 1.30 bits per heavy atom. The fourth-order valence-electron chi connectivity index (χ4n) is 1.80. The van der Waals surface area contributed by atoms with Crippen LogP contribution in [0, 0.1) is 12.3 Å². The first-order valence-electron chi connectivity index (χ1n) is 7.20. The van der Waals surface area contributed by atoms with Crippen molar-refractivity contribution in [1.82, 2.24) is 5.32 Å². The Balaban J connectivity index is 2.67.